The van der Waals surface area contributed by atoms with Crippen molar-refractivity contribution < 1.29 is 13.9 Å². The number of pyridine rings is 1. The third-order valence-electron chi connectivity index (χ3n) is 6.51. The number of nitrogens with one attached hydrogen (secondary N) is 3. The Morgan fingerprint density at radius 3 is 2.79 bits per heavy atom. The van der Waals surface area contributed by atoms with Crippen molar-refractivity contribution in [3.05, 3.63) is 46.5 Å². The first-order valence-electron chi connectivity index (χ1n) is 11.0. The van der Waals surface area contributed by atoms with E-state index >= 15 is 0 Å². The minimum Gasteiger partial charge on any atom is -0.381 e. The van der Waals surface area contributed by atoms with E-state index in [1.165, 1.54) is 10.7 Å². The van der Waals surface area contributed by atoms with Crippen molar-refractivity contribution in [1.29, 1.82) is 0 Å². The third kappa shape index (κ3) is 3.82. The number of ether oxygens (including phenoxy) is 1. The van der Waals surface area contributed by atoms with Crippen LogP contribution in [-0.4, -0.2) is 57.5 Å². The molecule has 174 valence electrons. The Morgan fingerprint density at radius 2 is 2.12 bits per heavy atom. The first-order chi connectivity index (χ1) is 16.0. The Labute approximate surface area is 189 Å². The highest BCUT2D eigenvalue weighted by Gasteiger charge is 2.33. The van der Waals surface area contributed by atoms with E-state index in [9.17, 15) is 14.0 Å². The lowest BCUT2D eigenvalue weighted by molar-refractivity contribution is 0.00522. The van der Waals surface area contributed by atoms with Gasteiger partial charge < -0.3 is 25.3 Å². The number of aromatic nitrogens is 4. The van der Waals surface area contributed by atoms with E-state index < -0.39 is 18.1 Å². The quantitative estimate of drug-likeness (QED) is 0.501. The predicted octanol–water partition coefficient (Wildman–Crippen LogP) is 2.26. The number of hydrogen-bond donors (Lipinski definition) is 3. The van der Waals surface area contributed by atoms with Crippen molar-refractivity contribution >= 4 is 28.9 Å². The maximum absolute atomic E-state index is 13.6. The normalized spacial score (nSPS) is 24.1. The molecule has 2 atom stereocenters. The van der Waals surface area contributed by atoms with Gasteiger partial charge in [0.2, 0.25) is 0 Å². The van der Waals surface area contributed by atoms with Crippen LogP contribution in [0.4, 0.5) is 21.7 Å². The van der Waals surface area contributed by atoms with Crippen LogP contribution >= 0.6 is 0 Å². The Hall–Kier alpha value is -3.47. The van der Waals surface area contributed by atoms with E-state index in [1.807, 2.05) is 6.07 Å². The SMILES string of the molecule is CNc1cc(Nc2cccn(C3CC(OC)C3)c2=O)nc2c(C(=O)N[C@H]3CC[C@@H]3F)cnn12. The van der Waals surface area contributed by atoms with Gasteiger partial charge in [0.1, 0.15) is 29.1 Å². The summed E-state index contributed by atoms with van der Waals surface area (Å²) in [6.07, 6.45) is 5.00. The summed E-state index contributed by atoms with van der Waals surface area (Å²) in [5.41, 5.74) is 0.752. The molecule has 0 aromatic carbocycles. The summed E-state index contributed by atoms with van der Waals surface area (Å²) in [6.45, 7) is 0. The maximum atomic E-state index is 13.6. The minimum absolute atomic E-state index is 0.100. The van der Waals surface area contributed by atoms with Gasteiger partial charge in [-0.15, -0.1) is 0 Å². The molecule has 3 N–H and O–H groups in total. The van der Waals surface area contributed by atoms with Crippen LogP contribution in [-0.2, 0) is 4.74 Å². The second-order valence-corrected chi connectivity index (χ2v) is 8.49. The van der Waals surface area contributed by atoms with Crippen molar-refractivity contribution in [2.45, 2.75) is 50.0 Å². The number of alkyl halides is 1. The average Bonchev–Trinajstić information content (AvgIpc) is 3.21. The summed E-state index contributed by atoms with van der Waals surface area (Å²) in [6, 6.07) is 4.82. The van der Waals surface area contributed by atoms with Crippen LogP contribution in [0, 0.1) is 0 Å². The first kappa shape index (κ1) is 21.4. The monoisotopic (exact) mass is 455 g/mol. The summed E-state index contributed by atoms with van der Waals surface area (Å²) < 4.78 is 22.1. The summed E-state index contributed by atoms with van der Waals surface area (Å²) in [5, 5.41) is 13.1. The molecule has 33 heavy (non-hydrogen) atoms. The van der Waals surface area contributed by atoms with Crippen LogP contribution in [0.5, 0.6) is 0 Å². The van der Waals surface area contributed by atoms with Crippen molar-refractivity contribution in [2.75, 3.05) is 24.8 Å². The van der Waals surface area contributed by atoms with Gasteiger partial charge in [-0.2, -0.15) is 9.61 Å². The molecular weight excluding hydrogens is 429 g/mol. The molecule has 0 unspecified atom stereocenters. The molecule has 5 rings (SSSR count). The highest BCUT2D eigenvalue weighted by Crippen LogP contribution is 2.33. The van der Waals surface area contributed by atoms with Gasteiger partial charge in [0.05, 0.1) is 18.3 Å². The lowest BCUT2D eigenvalue weighted by atomic mass is 9.89. The van der Waals surface area contributed by atoms with Gasteiger partial charge in [0.25, 0.3) is 11.5 Å². The lowest BCUT2D eigenvalue weighted by Crippen LogP contribution is -2.48. The summed E-state index contributed by atoms with van der Waals surface area (Å²) in [7, 11) is 3.40. The second kappa shape index (κ2) is 8.47. The Bertz CT molecular complexity index is 1250. The van der Waals surface area contributed by atoms with Gasteiger partial charge in [0, 0.05) is 32.5 Å². The molecule has 0 bridgehead atoms. The average molecular weight is 455 g/mol. The third-order valence-corrected chi connectivity index (χ3v) is 6.51. The summed E-state index contributed by atoms with van der Waals surface area (Å²) in [4.78, 5) is 30.3. The molecule has 0 radical (unpaired) electrons. The smallest absolute Gasteiger partial charge is 0.274 e. The number of methoxy groups -OCH3 is 1. The van der Waals surface area contributed by atoms with Crippen LogP contribution in [0.25, 0.3) is 5.65 Å². The number of carbonyl (C=O) groups excluding carboxylic acids is 1. The molecule has 10 nitrogen and oxygen atoms in total. The van der Waals surface area contributed by atoms with Crippen LogP contribution in [0.3, 0.4) is 0 Å². The zero-order valence-electron chi connectivity index (χ0n) is 18.4. The molecule has 3 aromatic rings. The van der Waals surface area contributed by atoms with Gasteiger partial charge >= 0.3 is 0 Å². The summed E-state index contributed by atoms with van der Waals surface area (Å²) >= 11 is 0. The largest absolute Gasteiger partial charge is 0.381 e. The number of hydrogen-bond acceptors (Lipinski definition) is 7. The van der Waals surface area contributed by atoms with Gasteiger partial charge in [-0.25, -0.2) is 9.37 Å². The van der Waals surface area contributed by atoms with Crippen LogP contribution < -0.4 is 21.5 Å². The molecule has 0 aliphatic heterocycles. The first-order valence-corrected chi connectivity index (χ1v) is 11.0. The number of nitrogens with zero attached hydrogens (tertiary/aromatic N) is 4. The van der Waals surface area contributed by atoms with Crippen molar-refractivity contribution in [2.24, 2.45) is 0 Å². The van der Waals surface area contributed by atoms with Crippen LogP contribution in [0.15, 0.2) is 35.4 Å². The van der Waals surface area contributed by atoms with Gasteiger partial charge in [-0.05, 0) is 37.8 Å². The molecule has 0 saturated heterocycles. The minimum atomic E-state index is -1.02. The Balaban J connectivity index is 1.44. The topological polar surface area (TPSA) is 115 Å². The zero-order valence-corrected chi connectivity index (χ0v) is 18.4. The van der Waals surface area contributed by atoms with E-state index in [2.05, 4.69) is 26.0 Å². The van der Waals surface area contributed by atoms with Crippen LogP contribution in [0.1, 0.15) is 42.1 Å². The predicted molar refractivity (Wildman–Crippen MR) is 121 cm³/mol. The Morgan fingerprint density at radius 1 is 1.30 bits per heavy atom. The van der Waals surface area contributed by atoms with Crippen molar-refractivity contribution in [3.63, 3.8) is 0 Å². The van der Waals surface area contributed by atoms with Crippen molar-refractivity contribution in [3.8, 4) is 0 Å². The van der Waals surface area contributed by atoms with E-state index in [0.29, 0.717) is 35.8 Å². The van der Waals surface area contributed by atoms with Gasteiger partial charge in [-0.1, -0.05) is 0 Å². The molecule has 0 spiro atoms. The highest BCUT2D eigenvalue weighted by atomic mass is 19.1. The molecule has 3 aromatic heterocycles. The fourth-order valence-corrected chi connectivity index (χ4v) is 4.22. The molecule has 2 aliphatic rings. The van der Waals surface area contributed by atoms with Crippen LogP contribution in [0.2, 0.25) is 0 Å². The van der Waals surface area contributed by atoms with E-state index in [0.717, 1.165) is 12.8 Å². The number of halogens is 1. The molecular formula is C22H26FN7O3. The molecule has 3 heterocycles. The summed E-state index contributed by atoms with van der Waals surface area (Å²) in [5.74, 6) is 0.530. The van der Waals surface area contributed by atoms with Gasteiger partial charge in [0.15, 0.2) is 5.65 Å². The molecule has 1 amide bonds. The van der Waals surface area contributed by atoms with E-state index in [-0.39, 0.29) is 23.3 Å². The number of amides is 1. The Kier molecular flexibility index (Phi) is 5.49. The molecule has 2 aliphatic carbocycles. The molecule has 2 fully saturated rings. The fourth-order valence-electron chi connectivity index (χ4n) is 4.22. The number of rotatable bonds is 7. The number of fused-ring (bicyclic) bond motifs is 1. The number of carbonyl (C=O) groups is 1. The van der Waals surface area contributed by atoms with E-state index in [1.54, 1.807) is 37.1 Å². The lowest BCUT2D eigenvalue weighted by Gasteiger charge is -2.35. The molecule has 2 saturated carbocycles. The highest BCUT2D eigenvalue weighted by molar-refractivity contribution is 6.00. The second-order valence-electron chi connectivity index (χ2n) is 8.49. The standard InChI is InChI=1S/C22H26FN7O3/c1-24-19-10-18(26-17-4-3-7-29(22(17)32)12-8-13(9-12)33-2)28-20-14(11-25-30(19)20)21(31)27-16-6-5-15(16)23/h3-4,7,10-13,15-16,24H,5-6,8-9H2,1-2H3,(H,26,28)(H,27,31)/t12?,13?,15-,16-/m0/s1. The maximum Gasteiger partial charge on any atom is 0.274 e. The zero-order chi connectivity index (χ0) is 23.1. The number of anilines is 3. The fraction of sp³-hybridized carbons (Fsp3) is 0.455. The molecule has 11 heteroatoms. The van der Waals surface area contributed by atoms with Crippen molar-refractivity contribution in [1.82, 2.24) is 24.5 Å². The van der Waals surface area contributed by atoms with E-state index in [4.69, 9.17) is 4.74 Å². The van der Waals surface area contributed by atoms with Gasteiger partial charge in [-0.3, -0.25) is 9.59 Å².